The van der Waals surface area contributed by atoms with Gasteiger partial charge in [0.25, 0.3) is 11.5 Å². The minimum absolute atomic E-state index is 0.00941. The summed E-state index contributed by atoms with van der Waals surface area (Å²) in [5, 5.41) is 12.5. The summed E-state index contributed by atoms with van der Waals surface area (Å²) in [7, 11) is 0. The molecule has 1 aromatic carbocycles. The number of hydrogen-bond acceptors (Lipinski definition) is 4. The maximum absolute atomic E-state index is 13.0. The highest BCUT2D eigenvalue weighted by Crippen LogP contribution is 2.36. The molecule has 140 valence electrons. The Morgan fingerprint density at radius 3 is 2.63 bits per heavy atom. The van der Waals surface area contributed by atoms with Crippen molar-refractivity contribution < 1.29 is 18.0 Å². The number of amides is 1. The molecule has 2 heterocycles. The van der Waals surface area contributed by atoms with E-state index in [0.717, 1.165) is 6.07 Å². The highest BCUT2D eigenvalue weighted by Gasteiger charge is 2.33. The summed E-state index contributed by atoms with van der Waals surface area (Å²) in [5.41, 5.74) is -0.744. The van der Waals surface area contributed by atoms with Crippen molar-refractivity contribution in [1.29, 1.82) is 0 Å². The Morgan fingerprint density at radius 2 is 2.00 bits per heavy atom. The molecule has 0 unspecified atom stereocenters. The zero-order chi connectivity index (χ0) is 19.8. The quantitative estimate of drug-likeness (QED) is 0.651. The lowest BCUT2D eigenvalue weighted by atomic mass is 10.2. The molecule has 0 atom stereocenters. The first-order valence-corrected chi connectivity index (χ1v) is 8.25. The molecule has 2 N–H and O–H groups in total. The predicted octanol–water partition coefficient (Wildman–Crippen LogP) is 3.30. The van der Waals surface area contributed by atoms with Crippen LogP contribution in [-0.4, -0.2) is 25.9 Å². The maximum Gasteiger partial charge on any atom is 0.417 e. The molecule has 11 heteroatoms. The molecule has 0 bridgehead atoms. The van der Waals surface area contributed by atoms with E-state index in [4.69, 9.17) is 0 Å². The van der Waals surface area contributed by atoms with Gasteiger partial charge in [-0.1, -0.05) is 15.9 Å². The maximum atomic E-state index is 13.0. The SMILES string of the molecule is Cc1c(C(=O)Nc2ccc(Br)c(C(F)(F)F)c2)cnn1-c1ccc(=O)[nH]n1. The molecule has 0 aliphatic carbocycles. The van der Waals surface area contributed by atoms with Crippen molar-refractivity contribution >= 4 is 27.5 Å². The lowest BCUT2D eigenvalue weighted by Crippen LogP contribution is -2.15. The van der Waals surface area contributed by atoms with Gasteiger partial charge in [-0.25, -0.2) is 9.78 Å². The number of anilines is 1. The van der Waals surface area contributed by atoms with Crippen molar-refractivity contribution in [3.8, 4) is 5.82 Å². The Balaban J connectivity index is 1.88. The lowest BCUT2D eigenvalue weighted by molar-refractivity contribution is -0.138. The fraction of sp³-hybridized carbons (Fsp3) is 0.125. The van der Waals surface area contributed by atoms with Gasteiger partial charge in [-0.15, -0.1) is 0 Å². The van der Waals surface area contributed by atoms with Crippen LogP contribution in [0.1, 0.15) is 21.6 Å². The van der Waals surface area contributed by atoms with Crippen molar-refractivity contribution in [2.45, 2.75) is 13.1 Å². The topological polar surface area (TPSA) is 92.7 Å². The van der Waals surface area contributed by atoms with Gasteiger partial charge >= 0.3 is 6.18 Å². The minimum atomic E-state index is -4.56. The molecule has 0 spiro atoms. The van der Waals surface area contributed by atoms with Gasteiger partial charge in [0.15, 0.2) is 5.82 Å². The third-order valence-electron chi connectivity index (χ3n) is 3.67. The van der Waals surface area contributed by atoms with E-state index in [0.29, 0.717) is 5.69 Å². The van der Waals surface area contributed by atoms with Crippen LogP contribution < -0.4 is 10.9 Å². The molecule has 3 rings (SSSR count). The van der Waals surface area contributed by atoms with Crippen LogP contribution in [0, 0.1) is 6.92 Å². The average molecular weight is 442 g/mol. The third-order valence-corrected chi connectivity index (χ3v) is 4.36. The molecule has 0 aliphatic heterocycles. The van der Waals surface area contributed by atoms with Crippen LogP contribution in [0.15, 0.2) is 45.8 Å². The first-order valence-electron chi connectivity index (χ1n) is 7.45. The van der Waals surface area contributed by atoms with Gasteiger partial charge in [0.1, 0.15) is 0 Å². The summed E-state index contributed by atoms with van der Waals surface area (Å²) >= 11 is 2.85. The Hall–Kier alpha value is -2.95. The smallest absolute Gasteiger partial charge is 0.322 e. The Labute approximate surface area is 158 Å². The van der Waals surface area contributed by atoms with Crippen molar-refractivity contribution in [3.05, 3.63) is 68.2 Å². The molecular formula is C16H11BrF3N5O2. The Kier molecular flexibility index (Phi) is 4.87. The number of aromatic amines is 1. The number of rotatable bonds is 3. The van der Waals surface area contributed by atoms with Gasteiger partial charge in [0, 0.05) is 16.2 Å². The Bertz CT molecular complexity index is 1050. The summed E-state index contributed by atoms with van der Waals surface area (Å²) in [6, 6.07) is 6.07. The van der Waals surface area contributed by atoms with Crippen LogP contribution in [0.3, 0.4) is 0 Å². The molecule has 2 aromatic heterocycles. The highest BCUT2D eigenvalue weighted by atomic mass is 79.9. The van der Waals surface area contributed by atoms with E-state index >= 15 is 0 Å². The second kappa shape index (κ2) is 6.99. The number of aromatic nitrogens is 4. The number of H-pyrrole nitrogens is 1. The second-order valence-electron chi connectivity index (χ2n) is 5.48. The van der Waals surface area contributed by atoms with E-state index < -0.39 is 23.2 Å². The van der Waals surface area contributed by atoms with Crippen molar-refractivity contribution in [3.63, 3.8) is 0 Å². The molecular weight excluding hydrogens is 431 g/mol. The van der Waals surface area contributed by atoms with Crippen molar-refractivity contribution in [1.82, 2.24) is 20.0 Å². The van der Waals surface area contributed by atoms with Crippen LogP contribution in [0.25, 0.3) is 5.82 Å². The van der Waals surface area contributed by atoms with E-state index in [-0.39, 0.29) is 21.5 Å². The molecule has 0 radical (unpaired) electrons. The largest absolute Gasteiger partial charge is 0.417 e. The molecule has 27 heavy (non-hydrogen) atoms. The third kappa shape index (κ3) is 3.92. The van der Waals surface area contributed by atoms with Gasteiger partial charge in [0.05, 0.1) is 23.0 Å². The van der Waals surface area contributed by atoms with Gasteiger partial charge in [0.2, 0.25) is 0 Å². The van der Waals surface area contributed by atoms with E-state index in [1.54, 1.807) is 6.92 Å². The van der Waals surface area contributed by atoms with E-state index in [1.165, 1.54) is 35.1 Å². The highest BCUT2D eigenvalue weighted by molar-refractivity contribution is 9.10. The number of carbonyl (C=O) groups is 1. The lowest BCUT2D eigenvalue weighted by Gasteiger charge is -2.12. The van der Waals surface area contributed by atoms with Crippen LogP contribution in [-0.2, 0) is 6.18 Å². The van der Waals surface area contributed by atoms with E-state index in [9.17, 15) is 22.8 Å². The second-order valence-corrected chi connectivity index (χ2v) is 6.34. The summed E-state index contributed by atoms with van der Waals surface area (Å²) in [5.74, 6) is -0.340. The van der Waals surface area contributed by atoms with Crippen LogP contribution in [0.2, 0.25) is 0 Å². The number of nitrogens with one attached hydrogen (secondary N) is 2. The predicted molar refractivity (Wildman–Crippen MR) is 93.8 cm³/mol. The van der Waals surface area contributed by atoms with E-state index in [1.807, 2.05) is 0 Å². The molecule has 0 saturated heterocycles. The van der Waals surface area contributed by atoms with Gasteiger partial charge < -0.3 is 5.32 Å². The molecule has 0 saturated carbocycles. The van der Waals surface area contributed by atoms with Crippen molar-refractivity contribution in [2.24, 2.45) is 0 Å². The molecule has 0 aliphatic rings. The fourth-order valence-corrected chi connectivity index (χ4v) is 2.81. The normalized spacial score (nSPS) is 11.4. The van der Waals surface area contributed by atoms with Crippen LogP contribution in [0.4, 0.5) is 18.9 Å². The minimum Gasteiger partial charge on any atom is -0.322 e. The number of alkyl halides is 3. The monoisotopic (exact) mass is 441 g/mol. The number of hydrogen-bond donors (Lipinski definition) is 2. The number of halogens is 4. The zero-order valence-corrected chi connectivity index (χ0v) is 15.2. The first kappa shape index (κ1) is 18.8. The summed E-state index contributed by atoms with van der Waals surface area (Å²) in [4.78, 5) is 23.5. The summed E-state index contributed by atoms with van der Waals surface area (Å²) in [6.45, 7) is 1.59. The van der Waals surface area contributed by atoms with Crippen molar-refractivity contribution in [2.75, 3.05) is 5.32 Å². The van der Waals surface area contributed by atoms with E-state index in [2.05, 4.69) is 36.5 Å². The summed E-state index contributed by atoms with van der Waals surface area (Å²) < 4.78 is 40.2. The van der Waals surface area contributed by atoms with Crippen LogP contribution >= 0.6 is 15.9 Å². The molecule has 1 amide bonds. The standard InChI is InChI=1S/C16H11BrF3N5O2/c1-8-10(7-21-25(8)13-4-5-14(26)24-23-13)15(27)22-9-2-3-12(17)11(6-9)16(18,19)20/h2-7H,1H3,(H,22,27)(H,24,26). The molecule has 0 fully saturated rings. The number of benzene rings is 1. The number of carbonyl (C=O) groups excluding carboxylic acids is 1. The average Bonchev–Trinajstić information content (AvgIpc) is 2.98. The molecule has 7 nitrogen and oxygen atoms in total. The fourth-order valence-electron chi connectivity index (χ4n) is 2.34. The Morgan fingerprint density at radius 1 is 1.26 bits per heavy atom. The van der Waals surface area contributed by atoms with Gasteiger partial charge in [-0.3, -0.25) is 9.59 Å². The molecule has 3 aromatic rings. The zero-order valence-electron chi connectivity index (χ0n) is 13.6. The number of nitrogens with zero attached hydrogens (tertiary/aromatic N) is 3. The first-order chi connectivity index (χ1) is 12.7. The summed E-state index contributed by atoms with van der Waals surface area (Å²) in [6.07, 6.45) is -3.29. The van der Waals surface area contributed by atoms with Gasteiger partial charge in [-0.2, -0.15) is 23.4 Å². The van der Waals surface area contributed by atoms with Gasteiger partial charge in [-0.05, 0) is 31.2 Å². The van der Waals surface area contributed by atoms with Crippen LogP contribution in [0.5, 0.6) is 0 Å².